The molecule has 0 saturated carbocycles. The number of aromatic nitrogens is 4. The molecule has 2 N–H and O–H groups in total. The van der Waals surface area contributed by atoms with Crippen molar-refractivity contribution < 1.29 is 23.1 Å². The van der Waals surface area contributed by atoms with Crippen molar-refractivity contribution in [2.75, 3.05) is 5.75 Å². The molecule has 2 aromatic heterocycles. The van der Waals surface area contributed by atoms with Crippen LogP contribution in [0.1, 0.15) is 5.69 Å². The van der Waals surface area contributed by atoms with Crippen molar-refractivity contribution >= 4 is 17.7 Å². The number of carbonyl (C=O) groups is 1. The van der Waals surface area contributed by atoms with Crippen LogP contribution in [0.2, 0.25) is 0 Å². The number of H-pyrrole nitrogens is 1. The lowest BCUT2D eigenvalue weighted by Crippen LogP contribution is -2.17. The van der Waals surface area contributed by atoms with E-state index in [0.29, 0.717) is 0 Å². The molecule has 0 amide bonds. The van der Waals surface area contributed by atoms with E-state index in [-0.39, 0.29) is 16.6 Å². The van der Waals surface area contributed by atoms with Crippen LogP contribution in [0, 0.1) is 0 Å². The molecular formula is C10H7F3N4O3S. The lowest BCUT2D eigenvalue weighted by atomic mass is 10.3. The molecule has 2 heterocycles. The summed E-state index contributed by atoms with van der Waals surface area (Å²) in [5.41, 5.74) is -1.75. The van der Waals surface area contributed by atoms with E-state index in [1.165, 1.54) is 0 Å². The number of nitrogens with zero attached hydrogens (tertiary/aromatic N) is 3. The van der Waals surface area contributed by atoms with Crippen molar-refractivity contribution in [3.05, 3.63) is 34.5 Å². The Balaban J connectivity index is 2.36. The van der Waals surface area contributed by atoms with Gasteiger partial charge in [0, 0.05) is 0 Å². The number of hydrogen-bond acceptors (Lipinski definition) is 5. The number of carboxylic acids is 1. The first-order valence-corrected chi connectivity index (χ1v) is 6.33. The Morgan fingerprint density at radius 3 is 2.67 bits per heavy atom. The SMILES string of the molecule is O=C(O)CSc1n[nH]c(=O)n1-c1ccc(C(F)(F)F)nc1. The van der Waals surface area contributed by atoms with E-state index < -0.39 is 23.5 Å². The Kier molecular flexibility index (Phi) is 4.02. The van der Waals surface area contributed by atoms with E-state index in [1.54, 1.807) is 0 Å². The smallest absolute Gasteiger partial charge is 0.433 e. The van der Waals surface area contributed by atoms with Crippen LogP contribution >= 0.6 is 11.8 Å². The summed E-state index contributed by atoms with van der Waals surface area (Å²) in [5.74, 6) is -1.47. The Labute approximate surface area is 118 Å². The molecule has 0 fully saturated rings. The lowest BCUT2D eigenvalue weighted by molar-refractivity contribution is -0.141. The third-order valence-electron chi connectivity index (χ3n) is 2.26. The molecule has 0 atom stereocenters. The van der Waals surface area contributed by atoms with Crippen molar-refractivity contribution in [1.82, 2.24) is 19.7 Å². The minimum atomic E-state index is -4.58. The predicted molar refractivity (Wildman–Crippen MR) is 65.3 cm³/mol. The average Bonchev–Trinajstić information content (AvgIpc) is 2.76. The summed E-state index contributed by atoms with van der Waals surface area (Å²) >= 11 is 0.752. The van der Waals surface area contributed by atoms with Crippen LogP contribution in [0.25, 0.3) is 5.69 Å². The van der Waals surface area contributed by atoms with Crippen LogP contribution in [0.15, 0.2) is 28.3 Å². The molecule has 2 rings (SSSR count). The van der Waals surface area contributed by atoms with Crippen LogP contribution in [-0.2, 0) is 11.0 Å². The number of thioether (sulfide) groups is 1. The number of hydrogen-bond donors (Lipinski definition) is 2. The third kappa shape index (κ3) is 3.42. The van der Waals surface area contributed by atoms with Gasteiger partial charge in [-0.2, -0.15) is 13.2 Å². The van der Waals surface area contributed by atoms with E-state index in [0.717, 1.165) is 34.7 Å². The number of carboxylic acid groups (broad SMARTS) is 1. The first-order chi connectivity index (χ1) is 9.79. The van der Waals surface area contributed by atoms with Gasteiger partial charge in [0.1, 0.15) is 5.69 Å². The van der Waals surface area contributed by atoms with Crippen molar-refractivity contribution in [3.63, 3.8) is 0 Å². The first kappa shape index (κ1) is 15.1. The summed E-state index contributed by atoms with van der Waals surface area (Å²) in [4.78, 5) is 25.3. The van der Waals surface area contributed by atoms with E-state index in [2.05, 4.69) is 15.2 Å². The van der Waals surface area contributed by atoms with Crippen LogP contribution in [0.4, 0.5) is 13.2 Å². The molecule has 11 heteroatoms. The molecule has 0 aliphatic rings. The van der Waals surface area contributed by atoms with Crippen LogP contribution in [0.3, 0.4) is 0 Å². The number of nitrogens with one attached hydrogen (secondary N) is 1. The zero-order chi connectivity index (χ0) is 15.6. The van der Waals surface area contributed by atoms with E-state index >= 15 is 0 Å². The highest BCUT2D eigenvalue weighted by Gasteiger charge is 2.32. The van der Waals surface area contributed by atoms with Gasteiger partial charge < -0.3 is 5.11 Å². The number of halogens is 3. The third-order valence-corrected chi connectivity index (χ3v) is 3.19. The second-order valence-corrected chi connectivity index (χ2v) is 4.67. The largest absolute Gasteiger partial charge is 0.481 e. The van der Waals surface area contributed by atoms with Gasteiger partial charge in [0.25, 0.3) is 0 Å². The highest BCUT2D eigenvalue weighted by Crippen LogP contribution is 2.27. The van der Waals surface area contributed by atoms with Gasteiger partial charge in [-0.1, -0.05) is 11.8 Å². The maximum absolute atomic E-state index is 12.4. The van der Waals surface area contributed by atoms with Gasteiger partial charge in [-0.3, -0.25) is 4.79 Å². The van der Waals surface area contributed by atoms with Crippen LogP contribution in [-0.4, -0.2) is 36.6 Å². The molecule has 0 unspecified atom stereocenters. The molecule has 2 aromatic rings. The van der Waals surface area contributed by atoms with Gasteiger partial charge in [0.2, 0.25) is 0 Å². The monoisotopic (exact) mass is 320 g/mol. The minimum absolute atomic E-state index is 0.0176. The fourth-order valence-corrected chi connectivity index (χ4v) is 2.10. The summed E-state index contributed by atoms with van der Waals surface area (Å²) in [7, 11) is 0. The molecule has 0 aromatic carbocycles. The fourth-order valence-electron chi connectivity index (χ4n) is 1.42. The zero-order valence-corrected chi connectivity index (χ0v) is 10.9. The second kappa shape index (κ2) is 5.60. The summed E-state index contributed by atoms with van der Waals surface area (Å²) in [6.07, 6.45) is -3.72. The van der Waals surface area contributed by atoms with Crippen molar-refractivity contribution in [1.29, 1.82) is 0 Å². The quantitative estimate of drug-likeness (QED) is 0.820. The molecule has 0 saturated heterocycles. The Bertz CT molecular complexity index is 708. The molecule has 112 valence electrons. The maximum atomic E-state index is 12.4. The van der Waals surface area contributed by atoms with Crippen molar-refractivity contribution in [2.24, 2.45) is 0 Å². The number of rotatable bonds is 4. The average molecular weight is 320 g/mol. The van der Waals surface area contributed by atoms with Gasteiger partial charge >= 0.3 is 17.8 Å². The molecule has 0 aliphatic carbocycles. The van der Waals surface area contributed by atoms with Gasteiger partial charge in [-0.15, -0.1) is 5.10 Å². The van der Waals surface area contributed by atoms with Gasteiger partial charge in [-0.05, 0) is 12.1 Å². The number of alkyl halides is 3. The van der Waals surface area contributed by atoms with E-state index in [4.69, 9.17) is 5.11 Å². The molecule has 0 radical (unpaired) electrons. The molecular weight excluding hydrogens is 313 g/mol. The van der Waals surface area contributed by atoms with Crippen LogP contribution in [0.5, 0.6) is 0 Å². The summed E-state index contributed by atoms with van der Waals surface area (Å²) < 4.78 is 38.2. The molecule has 0 spiro atoms. The Hall–Kier alpha value is -2.30. The topological polar surface area (TPSA) is 101 Å². The second-order valence-electron chi connectivity index (χ2n) is 3.73. The van der Waals surface area contributed by atoms with Crippen LogP contribution < -0.4 is 5.69 Å². The van der Waals surface area contributed by atoms with Crippen molar-refractivity contribution in [3.8, 4) is 5.69 Å². The highest BCUT2D eigenvalue weighted by atomic mass is 32.2. The number of aliphatic carboxylic acids is 1. The number of pyridine rings is 1. The lowest BCUT2D eigenvalue weighted by Gasteiger charge is -2.07. The van der Waals surface area contributed by atoms with Gasteiger partial charge in [-0.25, -0.2) is 19.4 Å². The first-order valence-electron chi connectivity index (χ1n) is 5.34. The molecule has 21 heavy (non-hydrogen) atoms. The van der Waals surface area contributed by atoms with Crippen molar-refractivity contribution in [2.45, 2.75) is 11.3 Å². The standard InChI is InChI=1S/C10H7F3N4O3S/c11-10(12,13)6-2-1-5(3-14-6)17-8(20)15-16-9(17)21-4-7(18)19/h1-3H,4H2,(H,15,20)(H,18,19). The minimum Gasteiger partial charge on any atom is -0.481 e. The Morgan fingerprint density at radius 2 is 2.14 bits per heavy atom. The maximum Gasteiger partial charge on any atom is 0.433 e. The fraction of sp³-hybridized carbons (Fsp3) is 0.200. The van der Waals surface area contributed by atoms with Gasteiger partial charge in [0.05, 0.1) is 17.6 Å². The molecule has 7 nitrogen and oxygen atoms in total. The number of aromatic amines is 1. The summed E-state index contributed by atoms with van der Waals surface area (Å²) in [5, 5.41) is 14.3. The van der Waals surface area contributed by atoms with E-state index in [1.807, 2.05) is 0 Å². The molecule has 0 bridgehead atoms. The molecule has 0 aliphatic heterocycles. The Morgan fingerprint density at radius 1 is 1.43 bits per heavy atom. The summed E-state index contributed by atoms with van der Waals surface area (Å²) in [6.45, 7) is 0. The highest BCUT2D eigenvalue weighted by molar-refractivity contribution is 7.99. The summed E-state index contributed by atoms with van der Waals surface area (Å²) in [6, 6.07) is 1.78. The predicted octanol–water partition coefficient (Wildman–Crippen LogP) is 1.15. The normalized spacial score (nSPS) is 11.6. The van der Waals surface area contributed by atoms with E-state index in [9.17, 15) is 22.8 Å². The van der Waals surface area contributed by atoms with Gasteiger partial charge in [0.15, 0.2) is 5.16 Å². The zero-order valence-electron chi connectivity index (χ0n) is 10.1.